The van der Waals surface area contributed by atoms with Gasteiger partial charge in [0.1, 0.15) is 0 Å². The molecular formula is C26H45NO7S. The van der Waals surface area contributed by atoms with E-state index in [0.29, 0.717) is 12.8 Å². The standard InChI is InChI=1S/C26H45NO7S/c1-15(4-7-21(29)27-12-13-35(32,33)34)17-5-6-18-22-19(9-11-25(17,18)2)26(3)10-8-16(28)14-20(26)23(30)24(22)31/h15-20,22-24,28,30-31H,4-14H2,1-3H3,(H,27,29)(H,32,33,34)/t15-,16-,17-,18+,19+,20+,22+,23-,24+,25-,26-/m1/s1/i8D2,14D2. The highest BCUT2D eigenvalue weighted by atomic mass is 32.2. The second kappa shape index (κ2) is 9.86. The van der Waals surface area contributed by atoms with Gasteiger partial charge in [-0.2, -0.15) is 8.42 Å². The zero-order chi connectivity index (χ0) is 29.3. The van der Waals surface area contributed by atoms with Crippen LogP contribution in [0.5, 0.6) is 0 Å². The first-order chi connectivity index (χ1) is 17.8. The minimum absolute atomic E-state index is 0.0540. The smallest absolute Gasteiger partial charge is 0.266 e. The Morgan fingerprint density at radius 2 is 1.74 bits per heavy atom. The molecule has 4 rings (SSSR count). The first kappa shape index (κ1) is 22.3. The van der Waals surface area contributed by atoms with Gasteiger partial charge in [-0.1, -0.05) is 20.8 Å². The fraction of sp³-hybridized carbons (Fsp3) is 0.962. The van der Waals surface area contributed by atoms with Crippen molar-refractivity contribution in [2.45, 2.75) is 96.8 Å². The van der Waals surface area contributed by atoms with E-state index in [1.807, 2.05) is 6.92 Å². The maximum Gasteiger partial charge on any atom is 0.266 e. The van der Waals surface area contributed by atoms with Crippen molar-refractivity contribution in [1.29, 1.82) is 0 Å². The molecule has 11 atom stereocenters. The molecule has 1 amide bonds. The van der Waals surface area contributed by atoms with E-state index in [-0.39, 0.29) is 60.3 Å². The summed E-state index contributed by atoms with van der Waals surface area (Å²) in [4.78, 5) is 12.2. The minimum Gasteiger partial charge on any atom is -0.393 e. The zero-order valence-corrected chi connectivity index (χ0v) is 21.8. The van der Waals surface area contributed by atoms with E-state index >= 15 is 0 Å². The van der Waals surface area contributed by atoms with Gasteiger partial charge in [0.15, 0.2) is 0 Å². The van der Waals surface area contributed by atoms with Crippen LogP contribution in [0.2, 0.25) is 0 Å². The molecule has 0 heterocycles. The van der Waals surface area contributed by atoms with E-state index in [4.69, 9.17) is 10.0 Å². The Hall–Kier alpha value is -0.740. The minimum atomic E-state index is -4.14. The van der Waals surface area contributed by atoms with Crippen molar-refractivity contribution in [3.63, 3.8) is 0 Å². The van der Waals surface area contributed by atoms with Crippen LogP contribution in [0.25, 0.3) is 0 Å². The van der Waals surface area contributed by atoms with Crippen LogP contribution in [-0.2, 0) is 14.9 Å². The van der Waals surface area contributed by atoms with Crippen LogP contribution in [0.1, 0.15) is 83.9 Å². The van der Waals surface area contributed by atoms with Crippen LogP contribution in [0.3, 0.4) is 0 Å². The van der Waals surface area contributed by atoms with Crippen molar-refractivity contribution < 1.29 is 38.6 Å². The molecule has 4 saturated carbocycles. The van der Waals surface area contributed by atoms with Gasteiger partial charge in [0.25, 0.3) is 10.1 Å². The van der Waals surface area contributed by atoms with Gasteiger partial charge < -0.3 is 20.6 Å². The van der Waals surface area contributed by atoms with Gasteiger partial charge in [0.05, 0.1) is 24.1 Å². The Morgan fingerprint density at radius 3 is 2.43 bits per heavy atom. The van der Waals surface area contributed by atoms with Gasteiger partial charge in [-0.25, -0.2) is 0 Å². The lowest BCUT2D eigenvalue weighted by molar-refractivity contribution is -0.223. The van der Waals surface area contributed by atoms with Gasteiger partial charge >= 0.3 is 0 Å². The van der Waals surface area contributed by atoms with Gasteiger partial charge in [0, 0.05) is 18.4 Å². The molecule has 0 aromatic carbocycles. The SMILES string of the molecule is [2H]C1([2H])C[C@@]2(C)[C@H]([C@@H](O)[C@@H](O)[C@@H]3[C@@H]2CC[C@]2(C)[C@@H]([C@H](C)CCC(=O)NCCS(=O)(=O)O)CC[C@@H]32)C([2H])([2H])[C@@H]1O. The van der Waals surface area contributed by atoms with Crippen LogP contribution in [0.4, 0.5) is 0 Å². The molecule has 0 bridgehead atoms. The van der Waals surface area contributed by atoms with E-state index < -0.39 is 58.3 Å². The number of nitrogens with one attached hydrogen (secondary N) is 1. The normalized spacial score (nSPS) is 50.8. The maximum atomic E-state index is 12.2. The highest BCUT2D eigenvalue weighted by Gasteiger charge is 2.65. The molecular weight excluding hydrogens is 470 g/mol. The molecule has 202 valence electrons. The summed E-state index contributed by atoms with van der Waals surface area (Å²) in [5.41, 5.74) is -1.10. The Balaban J connectivity index is 1.50. The van der Waals surface area contributed by atoms with Gasteiger partial charge in [0.2, 0.25) is 5.91 Å². The van der Waals surface area contributed by atoms with Crippen LogP contribution in [0, 0.1) is 46.3 Å². The molecule has 4 fully saturated rings. The molecule has 0 aromatic rings. The Kier molecular flexibility index (Phi) is 6.27. The molecule has 0 aliphatic heterocycles. The predicted molar refractivity (Wildman–Crippen MR) is 132 cm³/mol. The molecule has 9 heteroatoms. The molecule has 8 nitrogen and oxygen atoms in total. The number of rotatable bonds is 7. The quantitative estimate of drug-likeness (QED) is 0.325. The summed E-state index contributed by atoms with van der Waals surface area (Å²) < 4.78 is 64.7. The largest absolute Gasteiger partial charge is 0.393 e. The summed E-state index contributed by atoms with van der Waals surface area (Å²) in [7, 11) is -4.14. The van der Waals surface area contributed by atoms with Crippen LogP contribution in [0.15, 0.2) is 0 Å². The average molecular weight is 520 g/mol. The summed E-state index contributed by atoms with van der Waals surface area (Å²) >= 11 is 0. The van der Waals surface area contributed by atoms with E-state index in [1.54, 1.807) is 0 Å². The maximum absolute atomic E-state index is 12.2. The number of hydrogen-bond acceptors (Lipinski definition) is 6. The highest BCUT2D eigenvalue weighted by molar-refractivity contribution is 7.85. The predicted octanol–water partition coefficient (Wildman–Crippen LogP) is 2.37. The van der Waals surface area contributed by atoms with Crippen LogP contribution < -0.4 is 5.32 Å². The van der Waals surface area contributed by atoms with Gasteiger partial charge in [-0.3, -0.25) is 9.35 Å². The fourth-order valence-electron chi connectivity index (χ4n) is 8.50. The lowest BCUT2D eigenvalue weighted by atomic mass is 9.43. The molecule has 4 aliphatic rings. The molecule has 0 radical (unpaired) electrons. The summed E-state index contributed by atoms with van der Waals surface area (Å²) in [6.45, 7) is 6.01. The number of carbonyl (C=O) groups excluding carboxylic acids is 1. The van der Waals surface area contributed by atoms with Crippen LogP contribution >= 0.6 is 0 Å². The molecule has 4 aliphatic carbocycles. The lowest BCUT2D eigenvalue weighted by Gasteiger charge is -2.63. The van der Waals surface area contributed by atoms with E-state index in [2.05, 4.69) is 19.2 Å². The molecule has 35 heavy (non-hydrogen) atoms. The number of fused-ring (bicyclic) bond motifs is 5. The second-order valence-electron chi connectivity index (χ2n) is 12.1. The first-order valence-corrected chi connectivity index (χ1v) is 14.6. The van der Waals surface area contributed by atoms with Crippen molar-refractivity contribution in [3.8, 4) is 0 Å². The topological polar surface area (TPSA) is 144 Å². The van der Waals surface area contributed by atoms with Crippen LogP contribution in [-0.4, -0.2) is 64.8 Å². The Bertz CT molecular complexity index is 1060. The summed E-state index contributed by atoms with van der Waals surface area (Å²) in [6, 6.07) is 0. The van der Waals surface area contributed by atoms with Gasteiger partial charge in [-0.15, -0.1) is 0 Å². The third-order valence-corrected chi connectivity index (χ3v) is 11.0. The highest BCUT2D eigenvalue weighted by Crippen LogP contribution is 2.68. The van der Waals surface area contributed by atoms with Crippen molar-refractivity contribution in [2.24, 2.45) is 46.3 Å². The first-order valence-electron chi connectivity index (χ1n) is 15.0. The van der Waals surface area contributed by atoms with E-state index in [9.17, 15) is 28.5 Å². The summed E-state index contributed by atoms with van der Waals surface area (Å²) in [5, 5.41) is 35.9. The third-order valence-electron chi connectivity index (χ3n) is 10.3. The average Bonchev–Trinajstić information content (AvgIpc) is 3.15. The molecule has 0 unspecified atom stereocenters. The monoisotopic (exact) mass is 519 g/mol. The lowest BCUT2D eigenvalue weighted by Crippen LogP contribution is -2.64. The second-order valence-corrected chi connectivity index (χ2v) is 13.7. The van der Waals surface area contributed by atoms with Crippen molar-refractivity contribution >= 4 is 16.0 Å². The Morgan fingerprint density at radius 1 is 1.06 bits per heavy atom. The third kappa shape index (κ3) is 5.05. The number of aliphatic hydroxyl groups excluding tert-OH is 3. The number of aliphatic hydroxyl groups is 3. The molecule has 0 saturated heterocycles. The summed E-state index contributed by atoms with van der Waals surface area (Å²) in [6.07, 6.45) is -5.10. The van der Waals surface area contributed by atoms with Crippen molar-refractivity contribution in [2.75, 3.05) is 12.3 Å². The molecule has 0 aromatic heterocycles. The fourth-order valence-corrected chi connectivity index (χ4v) is 8.86. The Labute approximate surface area is 215 Å². The number of carbonyl (C=O) groups is 1. The van der Waals surface area contributed by atoms with E-state index in [0.717, 1.165) is 19.3 Å². The van der Waals surface area contributed by atoms with E-state index in [1.165, 1.54) is 0 Å². The number of amides is 1. The number of hydrogen-bond donors (Lipinski definition) is 5. The summed E-state index contributed by atoms with van der Waals surface area (Å²) in [5.74, 6) is -1.92. The zero-order valence-electron chi connectivity index (χ0n) is 25.0. The molecule has 5 N–H and O–H groups in total. The van der Waals surface area contributed by atoms with Crippen molar-refractivity contribution in [1.82, 2.24) is 5.32 Å². The molecule has 0 spiro atoms. The van der Waals surface area contributed by atoms with Crippen molar-refractivity contribution in [3.05, 3.63) is 0 Å². The van der Waals surface area contributed by atoms with Gasteiger partial charge in [-0.05, 0) is 97.6 Å².